The molecule has 0 fully saturated rings. The highest BCUT2D eigenvalue weighted by atomic mass is 32.2. The predicted octanol–water partition coefficient (Wildman–Crippen LogP) is 0.476. The Morgan fingerprint density at radius 2 is 2.20 bits per heavy atom. The number of benzene rings is 1. The first-order valence-electron chi connectivity index (χ1n) is 4.00. The number of aromatic amines is 1. The van der Waals surface area contributed by atoms with Crippen LogP contribution in [-0.4, -0.2) is 30.0 Å². The van der Waals surface area contributed by atoms with Crippen molar-refractivity contribution >= 4 is 21.2 Å². The van der Waals surface area contributed by atoms with Gasteiger partial charge < -0.3 is 14.3 Å². The van der Waals surface area contributed by atoms with Gasteiger partial charge in [0.2, 0.25) is 5.16 Å². The van der Waals surface area contributed by atoms with E-state index >= 15 is 0 Å². The summed E-state index contributed by atoms with van der Waals surface area (Å²) in [6.45, 7) is 0. The molecule has 2 aromatic rings. The Morgan fingerprint density at radius 3 is 2.80 bits per heavy atom. The number of hydrogen-bond donors (Lipinski definition) is 1. The first-order valence-corrected chi connectivity index (χ1v) is 5.41. The summed E-state index contributed by atoms with van der Waals surface area (Å²) in [7, 11) is -3.05. The van der Waals surface area contributed by atoms with Crippen LogP contribution >= 0.6 is 0 Å². The van der Waals surface area contributed by atoms with E-state index in [0.717, 1.165) is 0 Å². The van der Waals surface area contributed by atoms with Crippen molar-refractivity contribution in [3.8, 4) is 5.75 Å². The lowest BCUT2D eigenvalue weighted by molar-refractivity contribution is 0.415. The van der Waals surface area contributed by atoms with Crippen LogP contribution in [0.15, 0.2) is 23.4 Å². The molecule has 0 aliphatic carbocycles. The number of nitrogens with one attached hydrogen (secondary N) is 1. The lowest BCUT2D eigenvalue weighted by atomic mass is 10.3. The third kappa shape index (κ3) is 1.79. The molecule has 7 heteroatoms. The number of fused-ring (bicyclic) bond motifs is 1. The van der Waals surface area contributed by atoms with Crippen LogP contribution in [-0.2, 0) is 10.1 Å². The average molecular weight is 227 g/mol. The van der Waals surface area contributed by atoms with Crippen LogP contribution in [0.1, 0.15) is 0 Å². The van der Waals surface area contributed by atoms with Crippen molar-refractivity contribution in [2.24, 2.45) is 0 Å². The maximum Gasteiger partial charge on any atom is 0.213 e. The van der Waals surface area contributed by atoms with E-state index in [4.69, 9.17) is 4.74 Å². The normalized spacial score (nSPS) is 11.9. The van der Waals surface area contributed by atoms with Gasteiger partial charge in [0.15, 0.2) is 10.1 Å². The van der Waals surface area contributed by atoms with Crippen molar-refractivity contribution in [1.82, 2.24) is 9.97 Å². The second-order valence-corrected chi connectivity index (χ2v) is 4.17. The number of H-pyrrole nitrogens is 1. The standard InChI is InChI=1S/C8H8N2O4S/c1-14-5-2-3-6-7(4-5)10-8(9-6)15(11,12)13/h2-4H,1H3,(H,9,10)(H,11,12,13)/p-1. The Balaban J connectivity index is 2.66. The van der Waals surface area contributed by atoms with Crippen molar-refractivity contribution in [3.63, 3.8) is 0 Å². The third-order valence-electron chi connectivity index (χ3n) is 1.90. The molecule has 0 aliphatic rings. The fraction of sp³-hybridized carbons (Fsp3) is 0.125. The second kappa shape index (κ2) is 3.21. The van der Waals surface area contributed by atoms with Crippen LogP contribution < -0.4 is 4.74 Å². The molecule has 1 heterocycles. The maximum absolute atomic E-state index is 10.7. The summed E-state index contributed by atoms with van der Waals surface area (Å²) in [5.74, 6) is 0.556. The number of hydrogen-bond acceptors (Lipinski definition) is 5. The molecule has 1 N–H and O–H groups in total. The molecule has 15 heavy (non-hydrogen) atoms. The number of ether oxygens (including phenoxy) is 1. The average Bonchev–Trinajstić information content (AvgIpc) is 2.59. The zero-order valence-electron chi connectivity index (χ0n) is 7.72. The highest BCUT2D eigenvalue weighted by Crippen LogP contribution is 2.19. The highest BCUT2D eigenvalue weighted by molar-refractivity contribution is 7.85. The largest absolute Gasteiger partial charge is 0.742 e. The highest BCUT2D eigenvalue weighted by Gasteiger charge is 2.08. The number of aromatic nitrogens is 2. The maximum atomic E-state index is 10.7. The minimum atomic E-state index is -4.54. The van der Waals surface area contributed by atoms with Gasteiger partial charge in [-0.15, -0.1) is 0 Å². The van der Waals surface area contributed by atoms with E-state index in [1.54, 1.807) is 18.2 Å². The molecule has 0 spiro atoms. The molecule has 0 amide bonds. The van der Waals surface area contributed by atoms with E-state index in [0.29, 0.717) is 16.8 Å². The molecule has 2 rings (SSSR count). The van der Waals surface area contributed by atoms with E-state index in [1.165, 1.54) is 7.11 Å². The molecule has 0 saturated heterocycles. The summed E-state index contributed by atoms with van der Waals surface area (Å²) in [4.78, 5) is 6.07. The van der Waals surface area contributed by atoms with Gasteiger partial charge in [-0.25, -0.2) is 13.4 Å². The van der Waals surface area contributed by atoms with Gasteiger partial charge in [-0.1, -0.05) is 0 Å². The van der Waals surface area contributed by atoms with Gasteiger partial charge in [-0.05, 0) is 12.1 Å². The minimum Gasteiger partial charge on any atom is -0.742 e. The van der Waals surface area contributed by atoms with Crippen molar-refractivity contribution in [2.45, 2.75) is 5.16 Å². The van der Waals surface area contributed by atoms with Crippen LogP contribution in [0.25, 0.3) is 11.0 Å². The van der Waals surface area contributed by atoms with E-state index in [9.17, 15) is 13.0 Å². The van der Waals surface area contributed by atoms with Crippen LogP contribution in [0, 0.1) is 0 Å². The smallest absolute Gasteiger partial charge is 0.213 e. The summed E-state index contributed by atoms with van der Waals surface area (Å²) >= 11 is 0. The third-order valence-corrected chi connectivity index (χ3v) is 2.57. The topological polar surface area (TPSA) is 95.1 Å². The zero-order valence-corrected chi connectivity index (χ0v) is 8.54. The van der Waals surface area contributed by atoms with Gasteiger partial charge >= 0.3 is 0 Å². The molecule has 0 unspecified atom stereocenters. The second-order valence-electron chi connectivity index (χ2n) is 2.88. The van der Waals surface area contributed by atoms with Crippen molar-refractivity contribution in [2.75, 3.05) is 7.11 Å². The van der Waals surface area contributed by atoms with E-state index in [-0.39, 0.29) is 0 Å². The zero-order chi connectivity index (χ0) is 11.1. The Labute approximate surface area is 85.6 Å². The lowest BCUT2D eigenvalue weighted by Crippen LogP contribution is -2.00. The fourth-order valence-electron chi connectivity index (χ4n) is 1.21. The van der Waals surface area contributed by atoms with Crippen LogP contribution in [0.4, 0.5) is 0 Å². The number of imidazole rings is 1. The van der Waals surface area contributed by atoms with E-state index in [2.05, 4.69) is 9.97 Å². The van der Waals surface area contributed by atoms with Gasteiger partial charge in [-0.3, -0.25) is 0 Å². The molecule has 0 saturated carbocycles. The molecular weight excluding hydrogens is 220 g/mol. The fourth-order valence-corrected chi connectivity index (χ4v) is 1.66. The SMILES string of the molecule is COc1ccc2nc(S(=O)(=O)[O-])[nH]c2c1. The number of nitrogens with zero attached hydrogens (tertiary/aromatic N) is 1. The summed E-state index contributed by atoms with van der Waals surface area (Å²) in [6, 6.07) is 4.76. The van der Waals surface area contributed by atoms with E-state index < -0.39 is 15.3 Å². The Morgan fingerprint density at radius 1 is 1.47 bits per heavy atom. The van der Waals surface area contributed by atoms with Gasteiger partial charge in [0, 0.05) is 6.07 Å². The molecular formula is C8H7N2O4S-. The molecule has 1 aromatic heterocycles. The molecule has 80 valence electrons. The summed E-state index contributed by atoms with van der Waals surface area (Å²) < 4.78 is 37.0. The molecule has 6 nitrogen and oxygen atoms in total. The molecule has 1 aromatic carbocycles. The predicted molar refractivity (Wildman–Crippen MR) is 50.6 cm³/mol. The molecule has 0 radical (unpaired) electrons. The Bertz CT molecular complexity index is 602. The minimum absolute atomic E-state index is 0.408. The van der Waals surface area contributed by atoms with Crippen LogP contribution in [0.3, 0.4) is 0 Å². The van der Waals surface area contributed by atoms with E-state index in [1.807, 2.05) is 0 Å². The van der Waals surface area contributed by atoms with Gasteiger partial charge in [-0.2, -0.15) is 0 Å². The van der Waals surface area contributed by atoms with Gasteiger partial charge in [0.1, 0.15) is 5.75 Å². The quantitative estimate of drug-likeness (QED) is 0.752. The first-order chi connectivity index (χ1) is 7.00. The van der Waals surface area contributed by atoms with Crippen molar-refractivity contribution in [1.29, 1.82) is 0 Å². The van der Waals surface area contributed by atoms with Crippen molar-refractivity contribution < 1.29 is 17.7 Å². The summed E-state index contributed by atoms with van der Waals surface area (Å²) in [6.07, 6.45) is 0. The first kappa shape index (κ1) is 9.94. The number of methoxy groups -OCH3 is 1. The Kier molecular flexibility index (Phi) is 2.13. The van der Waals surface area contributed by atoms with Crippen LogP contribution in [0.2, 0.25) is 0 Å². The summed E-state index contributed by atoms with van der Waals surface area (Å²) in [5, 5.41) is -0.578. The molecule has 0 bridgehead atoms. The van der Waals surface area contributed by atoms with Gasteiger partial charge in [0.25, 0.3) is 0 Å². The summed E-state index contributed by atoms with van der Waals surface area (Å²) in [5.41, 5.74) is 0.856. The van der Waals surface area contributed by atoms with Crippen molar-refractivity contribution in [3.05, 3.63) is 18.2 Å². The van der Waals surface area contributed by atoms with Gasteiger partial charge in [0.05, 0.1) is 18.1 Å². The Hall–Kier alpha value is -1.60. The lowest BCUT2D eigenvalue weighted by Gasteiger charge is -1.99. The molecule has 0 aliphatic heterocycles. The molecule has 0 atom stereocenters. The monoisotopic (exact) mass is 227 g/mol. The number of rotatable bonds is 2. The van der Waals surface area contributed by atoms with Crippen LogP contribution in [0.5, 0.6) is 5.75 Å².